The Labute approximate surface area is 111 Å². The molecule has 0 aromatic carbocycles. The molecule has 2 rings (SSSR count). The summed E-state index contributed by atoms with van der Waals surface area (Å²) in [6.07, 6.45) is 1.95. The van der Waals surface area contributed by atoms with Gasteiger partial charge in [-0.1, -0.05) is 0 Å². The molecule has 19 heavy (non-hydrogen) atoms. The predicted molar refractivity (Wildman–Crippen MR) is 66.5 cm³/mol. The lowest BCUT2D eigenvalue weighted by molar-refractivity contribution is -0.137. The van der Waals surface area contributed by atoms with Gasteiger partial charge in [-0.15, -0.1) is 0 Å². The van der Waals surface area contributed by atoms with Gasteiger partial charge >= 0.3 is 12.0 Å². The topological polar surface area (TPSA) is 98.7 Å². The van der Waals surface area contributed by atoms with Crippen LogP contribution in [0.4, 0.5) is 4.79 Å². The van der Waals surface area contributed by atoms with E-state index in [4.69, 9.17) is 5.11 Å². The van der Waals surface area contributed by atoms with Crippen LogP contribution in [-0.2, 0) is 9.59 Å². The van der Waals surface area contributed by atoms with Crippen molar-refractivity contribution in [3.8, 4) is 0 Å². The van der Waals surface area contributed by atoms with Gasteiger partial charge in [-0.05, 0) is 18.8 Å². The van der Waals surface area contributed by atoms with E-state index in [0.29, 0.717) is 32.5 Å². The van der Waals surface area contributed by atoms with Crippen molar-refractivity contribution in [1.29, 1.82) is 0 Å². The first-order chi connectivity index (χ1) is 9.04. The number of carboxylic acids is 1. The van der Waals surface area contributed by atoms with Crippen LogP contribution < -0.4 is 10.6 Å². The van der Waals surface area contributed by atoms with E-state index < -0.39 is 5.97 Å². The molecule has 0 bridgehead atoms. The minimum absolute atomic E-state index is 0.0361. The molecule has 2 fully saturated rings. The summed E-state index contributed by atoms with van der Waals surface area (Å²) in [6, 6.07) is -0.280. The number of carbonyl (C=O) groups is 3. The number of hydrogen-bond donors (Lipinski definition) is 3. The average molecular weight is 269 g/mol. The molecule has 2 heterocycles. The number of carboxylic acid groups (broad SMARTS) is 1. The molecule has 0 aliphatic carbocycles. The van der Waals surface area contributed by atoms with E-state index in [1.54, 1.807) is 4.90 Å². The summed E-state index contributed by atoms with van der Waals surface area (Å²) in [5.74, 6) is -0.560. The maximum Gasteiger partial charge on any atom is 0.317 e. The van der Waals surface area contributed by atoms with Crippen LogP contribution in [0.5, 0.6) is 0 Å². The van der Waals surface area contributed by atoms with Gasteiger partial charge in [0.2, 0.25) is 5.91 Å². The lowest BCUT2D eigenvalue weighted by Crippen LogP contribution is -2.44. The largest absolute Gasteiger partial charge is 0.481 e. The molecule has 0 saturated carbocycles. The molecular weight excluding hydrogens is 250 g/mol. The molecule has 0 aromatic rings. The molecule has 2 aliphatic rings. The van der Waals surface area contributed by atoms with E-state index in [-0.39, 0.29) is 30.3 Å². The Hall–Kier alpha value is -1.79. The first-order valence-electron chi connectivity index (χ1n) is 6.58. The number of carbonyl (C=O) groups excluding carboxylic acids is 2. The van der Waals surface area contributed by atoms with Crippen LogP contribution in [0.1, 0.15) is 25.7 Å². The zero-order valence-electron chi connectivity index (χ0n) is 10.7. The van der Waals surface area contributed by atoms with Gasteiger partial charge in [-0.3, -0.25) is 9.59 Å². The predicted octanol–water partition coefficient (Wildman–Crippen LogP) is -0.229. The summed E-state index contributed by atoms with van der Waals surface area (Å²) in [5, 5.41) is 14.1. The number of likely N-dealkylation sites (tertiary alicyclic amines) is 1. The normalized spacial score (nSPS) is 26.3. The summed E-state index contributed by atoms with van der Waals surface area (Å²) in [6.45, 7) is 1.75. The second-order valence-corrected chi connectivity index (χ2v) is 5.19. The Balaban J connectivity index is 1.72. The number of rotatable bonds is 4. The molecular formula is C12H19N3O4. The zero-order valence-corrected chi connectivity index (χ0v) is 10.7. The highest BCUT2D eigenvalue weighted by Gasteiger charge is 2.29. The van der Waals surface area contributed by atoms with Gasteiger partial charge in [0.25, 0.3) is 0 Å². The van der Waals surface area contributed by atoms with E-state index >= 15 is 0 Å². The fourth-order valence-electron chi connectivity index (χ4n) is 2.55. The van der Waals surface area contributed by atoms with Crippen molar-refractivity contribution < 1.29 is 19.5 Å². The molecule has 2 unspecified atom stereocenters. The third-order valence-electron chi connectivity index (χ3n) is 3.64. The molecule has 0 aromatic heterocycles. The molecule has 0 spiro atoms. The standard InChI is InChI=1S/C12H19N3O4/c16-10-5-9(6-13-10)14-12(19)15-4-3-8(7-15)1-2-11(17)18/h8-9H,1-7H2,(H,13,16)(H,14,19)(H,17,18). The van der Waals surface area contributed by atoms with Crippen molar-refractivity contribution in [2.24, 2.45) is 5.92 Å². The van der Waals surface area contributed by atoms with Crippen LogP contribution in [-0.4, -0.2) is 53.6 Å². The Morgan fingerprint density at radius 1 is 1.47 bits per heavy atom. The summed E-state index contributed by atoms with van der Waals surface area (Å²) >= 11 is 0. The summed E-state index contributed by atoms with van der Waals surface area (Å²) in [5.41, 5.74) is 0. The van der Waals surface area contributed by atoms with Crippen LogP contribution >= 0.6 is 0 Å². The molecule has 7 nitrogen and oxygen atoms in total. The molecule has 7 heteroatoms. The van der Waals surface area contributed by atoms with Crippen molar-refractivity contribution in [1.82, 2.24) is 15.5 Å². The minimum atomic E-state index is -0.793. The third kappa shape index (κ3) is 3.84. The second-order valence-electron chi connectivity index (χ2n) is 5.19. The van der Waals surface area contributed by atoms with Crippen molar-refractivity contribution in [3.05, 3.63) is 0 Å². The Morgan fingerprint density at radius 2 is 2.26 bits per heavy atom. The maximum atomic E-state index is 12.0. The highest BCUT2D eigenvalue weighted by Crippen LogP contribution is 2.21. The number of urea groups is 1. The third-order valence-corrected chi connectivity index (χ3v) is 3.64. The highest BCUT2D eigenvalue weighted by atomic mass is 16.4. The van der Waals surface area contributed by atoms with Crippen molar-refractivity contribution in [3.63, 3.8) is 0 Å². The highest BCUT2D eigenvalue weighted by molar-refractivity contribution is 5.81. The molecule has 3 amide bonds. The number of hydrogen-bond acceptors (Lipinski definition) is 3. The number of aliphatic carboxylic acids is 1. The van der Waals surface area contributed by atoms with Gasteiger partial charge in [0.1, 0.15) is 0 Å². The van der Waals surface area contributed by atoms with Crippen LogP contribution in [0.2, 0.25) is 0 Å². The van der Waals surface area contributed by atoms with E-state index in [2.05, 4.69) is 10.6 Å². The van der Waals surface area contributed by atoms with Crippen molar-refractivity contribution >= 4 is 17.9 Å². The lowest BCUT2D eigenvalue weighted by Gasteiger charge is -2.19. The van der Waals surface area contributed by atoms with E-state index in [1.807, 2.05) is 0 Å². The Kier molecular flexibility index (Phi) is 4.24. The van der Waals surface area contributed by atoms with E-state index in [1.165, 1.54) is 0 Å². The SMILES string of the molecule is O=C(O)CCC1CCN(C(=O)NC2CNC(=O)C2)C1. The van der Waals surface area contributed by atoms with Crippen LogP contribution in [0.3, 0.4) is 0 Å². The quantitative estimate of drug-likeness (QED) is 0.656. The molecule has 2 atom stereocenters. The van der Waals surface area contributed by atoms with E-state index in [0.717, 1.165) is 6.42 Å². The monoisotopic (exact) mass is 269 g/mol. The number of nitrogens with zero attached hydrogens (tertiary/aromatic N) is 1. The van der Waals surface area contributed by atoms with Crippen molar-refractivity contribution in [2.75, 3.05) is 19.6 Å². The fourth-order valence-corrected chi connectivity index (χ4v) is 2.55. The van der Waals surface area contributed by atoms with E-state index in [9.17, 15) is 14.4 Å². The summed E-state index contributed by atoms with van der Waals surface area (Å²) in [7, 11) is 0. The van der Waals surface area contributed by atoms with Crippen LogP contribution in [0.25, 0.3) is 0 Å². The van der Waals surface area contributed by atoms with Crippen LogP contribution in [0, 0.1) is 5.92 Å². The fraction of sp³-hybridized carbons (Fsp3) is 0.750. The second kappa shape index (κ2) is 5.90. The molecule has 0 radical (unpaired) electrons. The first-order valence-corrected chi connectivity index (χ1v) is 6.58. The van der Waals surface area contributed by atoms with Gasteiger partial charge in [0.15, 0.2) is 0 Å². The minimum Gasteiger partial charge on any atom is -0.481 e. The Morgan fingerprint density at radius 3 is 2.89 bits per heavy atom. The van der Waals surface area contributed by atoms with Gasteiger partial charge in [-0.2, -0.15) is 0 Å². The maximum absolute atomic E-state index is 12.0. The first kappa shape index (κ1) is 13.6. The van der Waals surface area contributed by atoms with Gasteiger partial charge in [0, 0.05) is 32.5 Å². The lowest BCUT2D eigenvalue weighted by atomic mass is 10.0. The Bertz CT molecular complexity index is 385. The van der Waals surface area contributed by atoms with Gasteiger partial charge < -0.3 is 20.6 Å². The molecule has 106 valence electrons. The summed E-state index contributed by atoms with van der Waals surface area (Å²) in [4.78, 5) is 35.2. The van der Waals surface area contributed by atoms with Crippen LogP contribution in [0.15, 0.2) is 0 Å². The summed E-state index contributed by atoms with van der Waals surface area (Å²) < 4.78 is 0. The molecule has 3 N–H and O–H groups in total. The number of nitrogens with one attached hydrogen (secondary N) is 2. The van der Waals surface area contributed by atoms with Gasteiger partial charge in [0.05, 0.1) is 6.04 Å². The van der Waals surface area contributed by atoms with Crippen molar-refractivity contribution in [2.45, 2.75) is 31.7 Å². The molecule has 2 saturated heterocycles. The average Bonchev–Trinajstić information content (AvgIpc) is 2.95. The number of amides is 3. The zero-order chi connectivity index (χ0) is 13.8. The van der Waals surface area contributed by atoms with Gasteiger partial charge in [-0.25, -0.2) is 4.79 Å². The smallest absolute Gasteiger partial charge is 0.317 e. The molecule has 2 aliphatic heterocycles.